The highest BCUT2D eigenvalue weighted by atomic mass is 35.5. The first kappa shape index (κ1) is 14.0. The van der Waals surface area contributed by atoms with Gasteiger partial charge in [-0.05, 0) is 6.42 Å². The lowest BCUT2D eigenvalue weighted by Gasteiger charge is -2.09. The maximum atomic E-state index is 14.6. The monoisotopic (exact) mass is 313 g/mol. The summed E-state index contributed by atoms with van der Waals surface area (Å²) in [4.78, 5) is 22.7. The van der Waals surface area contributed by atoms with Gasteiger partial charge < -0.3 is 15.0 Å². The zero-order valence-corrected chi connectivity index (χ0v) is 12.0. The number of nitrogen functional groups attached to an aromatic ring is 1. The van der Waals surface area contributed by atoms with Gasteiger partial charge in [0.25, 0.3) is 0 Å². The fraction of sp³-hybridized carbons (Fsp3) is 0.500. The summed E-state index contributed by atoms with van der Waals surface area (Å²) in [6, 6.07) is 0. The van der Waals surface area contributed by atoms with Crippen LogP contribution in [-0.2, 0) is 16.1 Å². The molecule has 1 aliphatic carbocycles. The SMILES string of the molecule is CC(=O)OC[C@@H]1C[C@@]1(F)Cn1cnc2c(Cl)nc(N)nc21. The Morgan fingerprint density at radius 1 is 1.67 bits per heavy atom. The first-order valence-electron chi connectivity index (χ1n) is 6.35. The molecule has 7 nitrogen and oxygen atoms in total. The molecule has 0 spiro atoms. The molecular weight excluding hydrogens is 301 g/mol. The summed E-state index contributed by atoms with van der Waals surface area (Å²) < 4.78 is 20.9. The number of imidazole rings is 1. The summed E-state index contributed by atoms with van der Waals surface area (Å²) in [5.41, 5.74) is 4.88. The number of hydrogen-bond acceptors (Lipinski definition) is 6. The van der Waals surface area contributed by atoms with Crippen molar-refractivity contribution in [2.24, 2.45) is 5.92 Å². The van der Waals surface area contributed by atoms with Crippen molar-refractivity contribution >= 4 is 34.7 Å². The molecule has 2 aromatic rings. The van der Waals surface area contributed by atoms with Crippen molar-refractivity contribution in [2.45, 2.75) is 25.6 Å². The zero-order valence-electron chi connectivity index (χ0n) is 11.2. The molecule has 2 aromatic heterocycles. The van der Waals surface area contributed by atoms with Crippen LogP contribution in [0.4, 0.5) is 10.3 Å². The normalized spacial score (nSPS) is 24.2. The van der Waals surface area contributed by atoms with Crippen LogP contribution >= 0.6 is 11.6 Å². The molecule has 2 atom stereocenters. The van der Waals surface area contributed by atoms with Crippen molar-refractivity contribution in [2.75, 3.05) is 12.3 Å². The number of aromatic nitrogens is 4. The molecule has 0 aromatic carbocycles. The van der Waals surface area contributed by atoms with Gasteiger partial charge in [0.2, 0.25) is 5.95 Å². The van der Waals surface area contributed by atoms with E-state index in [0.29, 0.717) is 17.6 Å². The van der Waals surface area contributed by atoms with Crippen LogP contribution in [0.25, 0.3) is 11.2 Å². The minimum Gasteiger partial charge on any atom is -0.465 e. The number of nitrogens with two attached hydrogens (primary N) is 1. The van der Waals surface area contributed by atoms with Crippen molar-refractivity contribution in [3.05, 3.63) is 11.5 Å². The molecule has 2 heterocycles. The van der Waals surface area contributed by atoms with Gasteiger partial charge in [0, 0.05) is 12.8 Å². The van der Waals surface area contributed by atoms with Gasteiger partial charge in [0.05, 0.1) is 19.5 Å². The molecule has 0 amide bonds. The first-order valence-corrected chi connectivity index (χ1v) is 6.73. The number of ether oxygens (including phenoxy) is 1. The van der Waals surface area contributed by atoms with E-state index < -0.39 is 11.6 Å². The highest BCUT2D eigenvalue weighted by Gasteiger charge is 2.56. The molecule has 3 rings (SSSR count). The minimum absolute atomic E-state index is 0.00872. The molecule has 1 aliphatic rings. The summed E-state index contributed by atoms with van der Waals surface area (Å²) in [6.07, 6.45) is 1.78. The molecule has 0 radical (unpaired) electrons. The smallest absolute Gasteiger partial charge is 0.302 e. The maximum absolute atomic E-state index is 14.6. The molecule has 0 bridgehead atoms. The molecule has 1 fully saturated rings. The number of halogens is 2. The predicted octanol–water partition coefficient (Wildman–Crippen LogP) is 1.35. The molecular formula is C12H13ClFN5O2. The molecule has 21 heavy (non-hydrogen) atoms. The van der Waals surface area contributed by atoms with E-state index in [4.69, 9.17) is 22.1 Å². The quantitative estimate of drug-likeness (QED) is 0.676. The largest absolute Gasteiger partial charge is 0.465 e. The van der Waals surface area contributed by atoms with Crippen LogP contribution in [0.5, 0.6) is 0 Å². The predicted molar refractivity (Wildman–Crippen MR) is 73.3 cm³/mol. The van der Waals surface area contributed by atoms with Crippen LogP contribution in [-0.4, -0.2) is 37.8 Å². The van der Waals surface area contributed by atoms with Gasteiger partial charge in [0.15, 0.2) is 10.8 Å². The van der Waals surface area contributed by atoms with E-state index in [1.807, 2.05) is 0 Å². The van der Waals surface area contributed by atoms with E-state index in [0.717, 1.165) is 0 Å². The van der Waals surface area contributed by atoms with Crippen molar-refractivity contribution in [3.63, 3.8) is 0 Å². The van der Waals surface area contributed by atoms with E-state index in [1.165, 1.54) is 13.3 Å². The summed E-state index contributed by atoms with van der Waals surface area (Å²) in [5.74, 6) is -0.715. The molecule has 0 saturated heterocycles. The fourth-order valence-electron chi connectivity index (χ4n) is 2.30. The summed E-state index contributed by atoms with van der Waals surface area (Å²) >= 11 is 5.92. The second-order valence-electron chi connectivity index (χ2n) is 5.16. The van der Waals surface area contributed by atoms with Crippen molar-refractivity contribution in [3.8, 4) is 0 Å². The van der Waals surface area contributed by atoms with Crippen LogP contribution in [0.15, 0.2) is 6.33 Å². The van der Waals surface area contributed by atoms with Crippen molar-refractivity contribution < 1.29 is 13.9 Å². The molecule has 1 saturated carbocycles. The van der Waals surface area contributed by atoms with E-state index in [-0.39, 0.29) is 30.2 Å². The number of fused-ring (bicyclic) bond motifs is 1. The third-order valence-corrected chi connectivity index (χ3v) is 3.78. The highest BCUT2D eigenvalue weighted by Crippen LogP contribution is 2.49. The summed E-state index contributed by atoms with van der Waals surface area (Å²) in [7, 11) is 0. The van der Waals surface area contributed by atoms with Gasteiger partial charge in [-0.25, -0.2) is 9.37 Å². The van der Waals surface area contributed by atoms with Gasteiger partial charge >= 0.3 is 5.97 Å². The Balaban J connectivity index is 1.79. The number of rotatable bonds is 4. The Labute approximate surface area is 124 Å². The minimum atomic E-state index is -1.44. The lowest BCUT2D eigenvalue weighted by molar-refractivity contribution is -0.141. The molecule has 2 N–H and O–H groups in total. The average molecular weight is 314 g/mol. The number of alkyl halides is 1. The Bertz CT molecular complexity index is 721. The second-order valence-corrected chi connectivity index (χ2v) is 5.51. The number of esters is 1. The van der Waals surface area contributed by atoms with Gasteiger partial charge in [-0.3, -0.25) is 4.79 Å². The Kier molecular flexibility index (Phi) is 3.20. The van der Waals surface area contributed by atoms with Gasteiger partial charge in [-0.1, -0.05) is 11.6 Å². The Hall–Kier alpha value is -1.96. The van der Waals surface area contributed by atoms with Crippen LogP contribution in [0.3, 0.4) is 0 Å². The van der Waals surface area contributed by atoms with Crippen LogP contribution in [0.1, 0.15) is 13.3 Å². The highest BCUT2D eigenvalue weighted by molar-refractivity contribution is 6.33. The maximum Gasteiger partial charge on any atom is 0.302 e. The van der Waals surface area contributed by atoms with Crippen molar-refractivity contribution in [1.82, 2.24) is 19.5 Å². The van der Waals surface area contributed by atoms with Gasteiger partial charge in [0.1, 0.15) is 11.2 Å². The van der Waals surface area contributed by atoms with E-state index >= 15 is 0 Å². The zero-order chi connectivity index (χ0) is 15.2. The van der Waals surface area contributed by atoms with E-state index in [2.05, 4.69) is 15.0 Å². The molecule has 0 unspecified atom stereocenters. The third kappa shape index (κ3) is 2.63. The van der Waals surface area contributed by atoms with E-state index in [1.54, 1.807) is 4.57 Å². The third-order valence-electron chi connectivity index (χ3n) is 3.52. The number of carbonyl (C=O) groups is 1. The van der Waals surface area contributed by atoms with E-state index in [9.17, 15) is 9.18 Å². The first-order chi connectivity index (χ1) is 9.89. The number of nitrogens with zero attached hydrogens (tertiary/aromatic N) is 4. The molecule has 112 valence electrons. The van der Waals surface area contributed by atoms with Gasteiger partial charge in [-0.15, -0.1) is 0 Å². The lowest BCUT2D eigenvalue weighted by Crippen LogP contribution is -2.18. The summed E-state index contributed by atoms with van der Waals surface area (Å²) in [6.45, 7) is 1.44. The van der Waals surface area contributed by atoms with Crippen LogP contribution in [0, 0.1) is 5.92 Å². The fourth-order valence-corrected chi connectivity index (χ4v) is 2.51. The topological polar surface area (TPSA) is 95.9 Å². The summed E-state index contributed by atoms with van der Waals surface area (Å²) in [5, 5.41) is 0.136. The standard InChI is InChI=1S/C12H13ClFN5O2/c1-6(20)21-3-7-2-12(7,14)4-19-5-16-8-9(13)17-11(15)18-10(8)19/h5,7H,2-4H2,1H3,(H2,15,17,18)/t7-,12+/m0/s1. The molecule has 9 heteroatoms. The lowest BCUT2D eigenvalue weighted by atomic mass is 10.3. The second kappa shape index (κ2) is 4.80. The van der Waals surface area contributed by atoms with Gasteiger partial charge in [-0.2, -0.15) is 9.97 Å². The van der Waals surface area contributed by atoms with Crippen LogP contribution < -0.4 is 5.73 Å². The Morgan fingerprint density at radius 2 is 2.43 bits per heavy atom. The molecule has 0 aliphatic heterocycles. The average Bonchev–Trinajstić information content (AvgIpc) is 2.85. The number of hydrogen-bond donors (Lipinski definition) is 1. The number of anilines is 1. The van der Waals surface area contributed by atoms with Crippen molar-refractivity contribution in [1.29, 1.82) is 0 Å². The van der Waals surface area contributed by atoms with Crippen LogP contribution in [0.2, 0.25) is 5.15 Å². The Morgan fingerprint density at radius 3 is 3.14 bits per heavy atom. The number of carbonyl (C=O) groups excluding carboxylic acids is 1.